The van der Waals surface area contributed by atoms with Gasteiger partial charge < -0.3 is 19.1 Å². The molecule has 318 valence electrons. The van der Waals surface area contributed by atoms with E-state index < -0.39 is 63.7 Å². The SMILES string of the molecule is Cc1ccc(-c2c(C(F)(F)F)cc3c(N4CC5CCC(C4)N5C(=O)OC(C)(C)C)nc(OC[C@@]45CCCN4C[C@H](F)C5)nc3c2F)c2nc(NC(=O)OC(C)(C)C)sc12. The van der Waals surface area contributed by atoms with Crippen LogP contribution in [0.1, 0.15) is 84.8 Å². The second-order valence-electron chi connectivity index (χ2n) is 18.1. The molecule has 0 spiro atoms. The Morgan fingerprint density at radius 2 is 1.66 bits per heavy atom. The van der Waals surface area contributed by atoms with Crippen molar-refractivity contribution in [2.24, 2.45) is 0 Å². The first-order valence-corrected chi connectivity index (χ1v) is 20.7. The molecule has 59 heavy (non-hydrogen) atoms. The van der Waals surface area contributed by atoms with Crippen LogP contribution < -0.4 is 15.0 Å². The number of thiazole rings is 1. The van der Waals surface area contributed by atoms with Gasteiger partial charge in [-0.25, -0.2) is 23.4 Å². The molecule has 8 rings (SSSR count). The number of fused-ring (bicyclic) bond motifs is 5. The fourth-order valence-electron chi connectivity index (χ4n) is 9.10. The Balaban J connectivity index is 1.26. The van der Waals surface area contributed by atoms with Gasteiger partial charge in [0, 0.05) is 42.6 Å². The molecule has 0 aliphatic carbocycles. The van der Waals surface area contributed by atoms with Crippen LogP contribution in [0.25, 0.3) is 32.2 Å². The van der Waals surface area contributed by atoms with Gasteiger partial charge in [0.1, 0.15) is 35.3 Å². The lowest BCUT2D eigenvalue weighted by Crippen LogP contribution is -2.57. The van der Waals surface area contributed by atoms with Crippen molar-refractivity contribution >= 4 is 55.6 Å². The summed E-state index contributed by atoms with van der Waals surface area (Å²) in [7, 11) is 0. The number of aromatic nitrogens is 3. The lowest BCUT2D eigenvalue weighted by Gasteiger charge is -2.42. The molecule has 18 heteroatoms. The van der Waals surface area contributed by atoms with E-state index in [2.05, 4.69) is 20.3 Å². The third-order valence-electron chi connectivity index (χ3n) is 11.4. The van der Waals surface area contributed by atoms with Crippen LogP contribution in [0.5, 0.6) is 6.01 Å². The van der Waals surface area contributed by atoms with Crippen LogP contribution in [-0.4, -0.2) is 105 Å². The molecule has 4 aromatic rings. The summed E-state index contributed by atoms with van der Waals surface area (Å²) in [5, 5.41) is 2.42. The number of alkyl halides is 4. The van der Waals surface area contributed by atoms with Crippen LogP contribution in [0.4, 0.5) is 42.5 Å². The number of aryl methyl sites for hydroxylation is 1. The van der Waals surface area contributed by atoms with Crippen LogP contribution in [0.2, 0.25) is 0 Å². The minimum atomic E-state index is -5.05. The molecule has 6 heterocycles. The smallest absolute Gasteiger partial charge is 0.417 e. The summed E-state index contributed by atoms with van der Waals surface area (Å²) >= 11 is 1.02. The number of piperazine rings is 1. The normalized spacial score (nSPS) is 23.6. The maximum atomic E-state index is 17.5. The van der Waals surface area contributed by atoms with Crippen LogP contribution in [0, 0.1) is 12.7 Å². The molecule has 4 saturated heterocycles. The molecular formula is C41H48F5N7O5S. The highest BCUT2D eigenvalue weighted by atomic mass is 32.1. The summed E-state index contributed by atoms with van der Waals surface area (Å²) in [4.78, 5) is 45.1. The van der Waals surface area contributed by atoms with Crippen LogP contribution in [-0.2, 0) is 15.7 Å². The molecule has 4 aliphatic heterocycles. The van der Waals surface area contributed by atoms with Gasteiger partial charge in [-0.05, 0) is 92.3 Å². The third kappa shape index (κ3) is 7.93. The number of nitrogens with zero attached hydrogens (tertiary/aromatic N) is 6. The van der Waals surface area contributed by atoms with E-state index in [1.807, 2.05) is 4.90 Å². The summed E-state index contributed by atoms with van der Waals surface area (Å²) in [6.45, 7) is 13.5. The Bertz CT molecular complexity index is 2310. The number of anilines is 2. The number of hydrogen-bond donors (Lipinski definition) is 1. The Hall–Kier alpha value is -4.58. The molecule has 1 N–H and O–H groups in total. The van der Waals surface area contributed by atoms with E-state index in [9.17, 15) is 14.0 Å². The first kappa shape index (κ1) is 41.2. The molecule has 4 atom stereocenters. The van der Waals surface area contributed by atoms with Crippen molar-refractivity contribution in [3.05, 3.63) is 35.1 Å². The summed E-state index contributed by atoms with van der Waals surface area (Å²) < 4.78 is 95.9. The van der Waals surface area contributed by atoms with Gasteiger partial charge in [0.2, 0.25) is 0 Å². The fraction of sp³-hybridized carbons (Fsp3) is 0.585. The highest BCUT2D eigenvalue weighted by Crippen LogP contribution is 2.47. The standard InChI is InChI=1S/C41H48F5N7O5S/c1-21-9-12-25(31-32(21)59-35(48-31)50-36(54)57-38(2,3)4)28-27(41(44,45)46)15-26-30(29(28)43)47-34(56-20-40-13-8-14-52(40)17-22(42)16-40)49-33(26)51-18-23-10-11-24(19-51)53(23)37(55)58-39(5,6)7/h9,12,15,22-24H,8,10-11,13-14,16-20H2,1-7H3,(H,48,50,54)/t22-,23?,24?,40+/m1/s1. The largest absolute Gasteiger partial charge is 0.461 e. The van der Waals surface area contributed by atoms with Crippen LogP contribution >= 0.6 is 11.3 Å². The number of amides is 2. The summed E-state index contributed by atoms with van der Waals surface area (Å²) in [6, 6.07) is 2.88. The fourth-order valence-corrected chi connectivity index (χ4v) is 10.0. The van der Waals surface area contributed by atoms with Gasteiger partial charge in [-0.15, -0.1) is 0 Å². The first-order valence-electron chi connectivity index (χ1n) is 19.9. The summed E-state index contributed by atoms with van der Waals surface area (Å²) in [5.41, 5.74) is -4.07. The molecule has 4 fully saturated rings. The average molecular weight is 846 g/mol. The van der Waals surface area contributed by atoms with Crippen molar-refractivity contribution in [2.45, 2.75) is 122 Å². The Kier molecular flexibility index (Phi) is 10.2. The quantitative estimate of drug-likeness (QED) is 0.188. The Labute approximate surface area is 342 Å². The molecule has 2 amide bonds. The summed E-state index contributed by atoms with van der Waals surface area (Å²) in [6.07, 6.45) is -4.34. The number of carbonyl (C=O) groups is 2. The maximum absolute atomic E-state index is 17.5. The van der Waals surface area contributed by atoms with Crippen LogP contribution in [0.15, 0.2) is 18.2 Å². The van der Waals surface area contributed by atoms with Crippen molar-refractivity contribution in [1.82, 2.24) is 24.8 Å². The number of rotatable bonds is 6. The zero-order chi connectivity index (χ0) is 42.4. The molecule has 12 nitrogen and oxygen atoms in total. The van der Waals surface area contributed by atoms with Gasteiger partial charge in [-0.2, -0.15) is 23.1 Å². The Morgan fingerprint density at radius 1 is 0.966 bits per heavy atom. The number of ether oxygens (including phenoxy) is 3. The van der Waals surface area contributed by atoms with Crippen molar-refractivity contribution < 1.29 is 45.8 Å². The third-order valence-corrected chi connectivity index (χ3v) is 12.5. The van der Waals surface area contributed by atoms with Gasteiger partial charge in [0.05, 0.1) is 33.4 Å². The summed E-state index contributed by atoms with van der Waals surface area (Å²) in [5.74, 6) is -1.23. The van der Waals surface area contributed by atoms with Gasteiger partial charge in [-0.1, -0.05) is 23.5 Å². The predicted octanol–water partition coefficient (Wildman–Crippen LogP) is 9.26. The first-order chi connectivity index (χ1) is 27.6. The predicted molar refractivity (Wildman–Crippen MR) is 213 cm³/mol. The molecule has 0 radical (unpaired) electrons. The molecule has 2 unspecified atom stereocenters. The van der Waals surface area contributed by atoms with Crippen molar-refractivity contribution in [3.63, 3.8) is 0 Å². The highest BCUT2D eigenvalue weighted by molar-refractivity contribution is 7.22. The van der Waals surface area contributed by atoms with Crippen molar-refractivity contribution in [3.8, 4) is 17.1 Å². The highest BCUT2D eigenvalue weighted by Gasteiger charge is 2.50. The second kappa shape index (κ2) is 14.6. The Morgan fingerprint density at radius 3 is 2.32 bits per heavy atom. The van der Waals surface area contributed by atoms with E-state index in [0.29, 0.717) is 36.1 Å². The maximum Gasteiger partial charge on any atom is 0.417 e. The van der Waals surface area contributed by atoms with E-state index in [1.165, 1.54) is 6.07 Å². The lowest BCUT2D eigenvalue weighted by molar-refractivity contribution is -0.137. The van der Waals surface area contributed by atoms with Gasteiger partial charge >= 0.3 is 24.4 Å². The zero-order valence-electron chi connectivity index (χ0n) is 34.1. The minimum Gasteiger partial charge on any atom is -0.461 e. The van der Waals surface area contributed by atoms with Crippen molar-refractivity contribution in [1.29, 1.82) is 0 Å². The number of nitrogens with one attached hydrogen (secondary N) is 1. The van der Waals surface area contributed by atoms with E-state index in [-0.39, 0.29) is 78.2 Å². The minimum absolute atomic E-state index is 0.00990. The monoisotopic (exact) mass is 845 g/mol. The van der Waals surface area contributed by atoms with Gasteiger partial charge in [0.25, 0.3) is 0 Å². The van der Waals surface area contributed by atoms with E-state index in [1.54, 1.807) is 64.3 Å². The van der Waals surface area contributed by atoms with Gasteiger partial charge in [-0.3, -0.25) is 15.1 Å². The van der Waals surface area contributed by atoms with Crippen LogP contribution in [0.3, 0.4) is 0 Å². The molecule has 4 aliphatic rings. The molecule has 2 bridgehead atoms. The van der Waals surface area contributed by atoms with E-state index in [4.69, 9.17) is 14.2 Å². The van der Waals surface area contributed by atoms with E-state index >= 15 is 17.6 Å². The number of halogens is 5. The van der Waals surface area contributed by atoms with E-state index in [0.717, 1.165) is 23.8 Å². The number of benzene rings is 2. The molecule has 0 saturated carbocycles. The molecular weight excluding hydrogens is 798 g/mol. The average Bonchev–Trinajstić information content (AvgIpc) is 3.85. The second-order valence-corrected chi connectivity index (χ2v) is 19.1. The zero-order valence-corrected chi connectivity index (χ0v) is 34.9. The van der Waals surface area contributed by atoms with Crippen molar-refractivity contribution in [2.75, 3.05) is 43.0 Å². The molecule has 2 aromatic carbocycles. The lowest BCUT2D eigenvalue weighted by atomic mass is 9.94. The molecule has 2 aromatic heterocycles. The number of hydrogen-bond acceptors (Lipinski definition) is 11. The topological polar surface area (TPSA) is 122 Å². The number of carbonyl (C=O) groups excluding carboxylic acids is 2. The van der Waals surface area contributed by atoms with Gasteiger partial charge in [0.15, 0.2) is 10.9 Å².